The van der Waals surface area contributed by atoms with Crippen LogP contribution in [-0.2, 0) is 6.54 Å². The van der Waals surface area contributed by atoms with Crippen molar-refractivity contribution in [2.75, 3.05) is 33.3 Å². The van der Waals surface area contributed by atoms with E-state index in [9.17, 15) is 4.79 Å². The average Bonchev–Trinajstić information content (AvgIpc) is 3.12. The minimum atomic E-state index is 0.0690. The van der Waals surface area contributed by atoms with E-state index < -0.39 is 0 Å². The van der Waals surface area contributed by atoms with Crippen LogP contribution in [0.25, 0.3) is 10.9 Å². The van der Waals surface area contributed by atoms with E-state index in [0.29, 0.717) is 5.69 Å². The number of aromatic amines is 1. The molecule has 5 heteroatoms. The maximum atomic E-state index is 12.8. The van der Waals surface area contributed by atoms with Gasteiger partial charge >= 0.3 is 0 Å². The summed E-state index contributed by atoms with van der Waals surface area (Å²) in [6, 6.07) is 18.2. The molecule has 134 valence electrons. The predicted molar refractivity (Wildman–Crippen MR) is 102 cm³/mol. The van der Waals surface area contributed by atoms with Crippen molar-refractivity contribution in [3.05, 3.63) is 65.9 Å². The molecule has 0 atom stereocenters. The van der Waals surface area contributed by atoms with E-state index in [2.05, 4.69) is 34.1 Å². The van der Waals surface area contributed by atoms with Crippen LogP contribution >= 0.6 is 0 Å². The van der Waals surface area contributed by atoms with Gasteiger partial charge in [0.15, 0.2) is 0 Å². The third-order valence-electron chi connectivity index (χ3n) is 4.97. The quantitative estimate of drug-likeness (QED) is 0.787. The van der Waals surface area contributed by atoms with Gasteiger partial charge < -0.3 is 14.6 Å². The zero-order valence-corrected chi connectivity index (χ0v) is 14.9. The van der Waals surface area contributed by atoms with Crippen molar-refractivity contribution < 1.29 is 9.53 Å². The number of nitrogens with one attached hydrogen (secondary N) is 1. The number of hydrogen-bond acceptors (Lipinski definition) is 3. The van der Waals surface area contributed by atoms with E-state index in [-0.39, 0.29) is 5.91 Å². The number of nitrogens with zero attached hydrogens (tertiary/aromatic N) is 2. The number of methoxy groups -OCH3 is 1. The Morgan fingerprint density at radius 1 is 1.04 bits per heavy atom. The van der Waals surface area contributed by atoms with E-state index in [0.717, 1.165) is 49.4 Å². The lowest BCUT2D eigenvalue weighted by atomic mass is 10.2. The molecule has 0 unspecified atom stereocenters. The lowest BCUT2D eigenvalue weighted by molar-refractivity contribution is 0.0623. The Kier molecular flexibility index (Phi) is 4.63. The largest absolute Gasteiger partial charge is 0.497 e. The number of fused-ring (bicyclic) bond motifs is 1. The highest BCUT2D eigenvalue weighted by Gasteiger charge is 2.23. The number of carbonyl (C=O) groups is 1. The van der Waals surface area contributed by atoms with Gasteiger partial charge in [0, 0.05) is 43.6 Å². The summed E-state index contributed by atoms with van der Waals surface area (Å²) in [6.45, 7) is 4.24. The zero-order chi connectivity index (χ0) is 17.9. The molecule has 5 nitrogen and oxygen atoms in total. The number of H-pyrrole nitrogens is 1. The molecule has 0 bridgehead atoms. The van der Waals surface area contributed by atoms with Crippen molar-refractivity contribution in [3.8, 4) is 5.75 Å². The van der Waals surface area contributed by atoms with Gasteiger partial charge in [-0.2, -0.15) is 0 Å². The summed E-state index contributed by atoms with van der Waals surface area (Å²) in [5.74, 6) is 0.865. The van der Waals surface area contributed by atoms with Gasteiger partial charge in [-0.1, -0.05) is 30.3 Å². The first-order valence-corrected chi connectivity index (χ1v) is 8.95. The van der Waals surface area contributed by atoms with Gasteiger partial charge in [-0.05, 0) is 29.8 Å². The molecule has 3 aromatic rings. The third-order valence-corrected chi connectivity index (χ3v) is 4.97. The molecule has 26 heavy (non-hydrogen) atoms. The first-order valence-electron chi connectivity index (χ1n) is 8.95. The van der Waals surface area contributed by atoms with Crippen LogP contribution in [0.2, 0.25) is 0 Å². The molecule has 1 aliphatic rings. The highest BCUT2D eigenvalue weighted by atomic mass is 16.5. The van der Waals surface area contributed by atoms with Crippen molar-refractivity contribution in [3.63, 3.8) is 0 Å². The summed E-state index contributed by atoms with van der Waals surface area (Å²) in [5, 5.41) is 0.996. The molecule has 0 saturated carbocycles. The van der Waals surface area contributed by atoms with Crippen LogP contribution < -0.4 is 4.74 Å². The molecule has 0 radical (unpaired) electrons. The zero-order valence-electron chi connectivity index (χ0n) is 14.9. The second-order valence-electron chi connectivity index (χ2n) is 6.69. The molecule has 1 N–H and O–H groups in total. The van der Waals surface area contributed by atoms with Crippen molar-refractivity contribution in [2.45, 2.75) is 6.54 Å². The molecule has 2 aromatic carbocycles. The summed E-state index contributed by atoms with van der Waals surface area (Å²) < 4.78 is 5.25. The van der Waals surface area contributed by atoms with Gasteiger partial charge in [-0.15, -0.1) is 0 Å². The minimum Gasteiger partial charge on any atom is -0.497 e. The molecule has 1 amide bonds. The summed E-state index contributed by atoms with van der Waals surface area (Å²) in [6.07, 6.45) is 0. The Labute approximate surface area is 153 Å². The number of piperazine rings is 1. The summed E-state index contributed by atoms with van der Waals surface area (Å²) in [5.41, 5.74) is 2.92. The molecule has 0 aliphatic carbocycles. The van der Waals surface area contributed by atoms with Crippen molar-refractivity contribution >= 4 is 16.8 Å². The lowest BCUT2D eigenvalue weighted by Crippen LogP contribution is -2.48. The van der Waals surface area contributed by atoms with Crippen LogP contribution in [0, 0.1) is 0 Å². The first kappa shape index (κ1) is 16.7. The van der Waals surface area contributed by atoms with Crippen LogP contribution in [0.4, 0.5) is 0 Å². The highest BCUT2D eigenvalue weighted by Crippen LogP contribution is 2.22. The molecule has 1 saturated heterocycles. The molecule has 1 aromatic heterocycles. The number of amides is 1. The first-order chi connectivity index (χ1) is 12.7. The second kappa shape index (κ2) is 7.22. The molecule has 1 fully saturated rings. The Morgan fingerprint density at radius 3 is 2.54 bits per heavy atom. The number of aromatic nitrogens is 1. The van der Waals surface area contributed by atoms with E-state index in [1.165, 1.54) is 5.56 Å². The van der Waals surface area contributed by atoms with E-state index in [4.69, 9.17) is 4.74 Å². The fraction of sp³-hybridized carbons (Fsp3) is 0.286. The van der Waals surface area contributed by atoms with Crippen molar-refractivity contribution in [1.29, 1.82) is 0 Å². The monoisotopic (exact) mass is 349 g/mol. The Morgan fingerprint density at radius 2 is 1.81 bits per heavy atom. The molecular formula is C21H23N3O2. The average molecular weight is 349 g/mol. The summed E-state index contributed by atoms with van der Waals surface area (Å²) in [7, 11) is 1.65. The topological polar surface area (TPSA) is 48.6 Å². The number of carbonyl (C=O) groups excluding carboxylic acids is 1. The molecule has 2 heterocycles. The van der Waals surface area contributed by atoms with E-state index in [1.54, 1.807) is 7.11 Å². The number of benzene rings is 2. The second-order valence-corrected chi connectivity index (χ2v) is 6.69. The minimum absolute atomic E-state index is 0.0690. The lowest BCUT2D eigenvalue weighted by Gasteiger charge is -2.34. The van der Waals surface area contributed by atoms with Gasteiger partial charge in [0.1, 0.15) is 11.4 Å². The van der Waals surface area contributed by atoms with E-state index >= 15 is 0 Å². The van der Waals surface area contributed by atoms with Crippen molar-refractivity contribution in [2.24, 2.45) is 0 Å². The van der Waals surface area contributed by atoms with Crippen molar-refractivity contribution in [1.82, 2.24) is 14.8 Å². The van der Waals surface area contributed by atoms with Crippen LogP contribution in [0.15, 0.2) is 54.6 Å². The maximum absolute atomic E-state index is 12.8. The highest BCUT2D eigenvalue weighted by molar-refractivity contribution is 5.98. The summed E-state index contributed by atoms with van der Waals surface area (Å²) in [4.78, 5) is 20.4. The van der Waals surface area contributed by atoms with Crippen LogP contribution in [0.3, 0.4) is 0 Å². The Bertz CT molecular complexity index is 896. The molecule has 0 spiro atoms. The maximum Gasteiger partial charge on any atom is 0.270 e. The summed E-state index contributed by atoms with van der Waals surface area (Å²) >= 11 is 0. The number of rotatable bonds is 4. The van der Waals surface area contributed by atoms with Crippen LogP contribution in [-0.4, -0.2) is 54.0 Å². The Hall–Kier alpha value is -2.79. The fourth-order valence-corrected chi connectivity index (χ4v) is 3.47. The van der Waals surface area contributed by atoms with Gasteiger partial charge in [-0.3, -0.25) is 9.69 Å². The van der Waals surface area contributed by atoms with E-state index in [1.807, 2.05) is 35.2 Å². The molecule has 1 aliphatic heterocycles. The van der Waals surface area contributed by atoms with Crippen LogP contribution in [0.1, 0.15) is 16.1 Å². The van der Waals surface area contributed by atoms with Gasteiger partial charge in [0.05, 0.1) is 7.11 Å². The molecule has 4 rings (SSSR count). The third kappa shape index (κ3) is 3.44. The fourth-order valence-electron chi connectivity index (χ4n) is 3.47. The van der Waals surface area contributed by atoms with Gasteiger partial charge in [-0.25, -0.2) is 0 Å². The van der Waals surface area contributed by atoms with Gasteiger partial charge in [0.2, 0.25) is 0 Å². The number of hydrogen-bond donors (Lipinski definition) is 1. The molecular weight excluding hydrogens is 326 g/mol. The SMILES string of the molecule is COc1ccc2[nH]c(C(=O)N3CCN(Cc4ccccc4)CC3)cc2c1. The smallest absolute Gasteiger partial charge is 0.270 e. The Balaban J connectivity index is 1.40. The van der Waals surface area contributed by atoms with Gasteiger partial charge in [0.25, 0.3) is 5.91 Å². The predicted octanol–water partition coefficient (Wildman–Crippen LogP) is 3.13. The standard InChI is InChI=1S/C21H23N3O2/c1-26-18-7-8-19-17(13-18)14-20(22-19)21(25)24-11-9-23(10-12-24)15-16-5-3-2-4-6-16/h2-8,13-14,22H,9-12,15H2,1H3. The van der Waals surface area contributed by atoms with Crippen LogP contribution in [0.5, 0.6) is 5.75 Å². The number of ether oxygens (including phenoxy) is 1. The normalized spacial score (nSPS) is 15.3.